The second-order valence-corrected chi connectivity index (χ2v) is 7.36. The summed E-state index contributed by atoms with van der Waals surface area (Å²) in [4.78, 5) is 37.6. The van der Waals surface area contributed by atoms with Crippen LogP contribution >= 0.6 is 0 Å². The normalized spacial score (nSPS) is 11.1. The van der Waals surface area contributed by atoms with Crippen LogP contribution in [0.15, 0.2) is 66.0 Å². The first-order valence-electron chi connectivity index (χ1n) is 10.3. The fourth-order valence-electron chi connectivity index (χ4n) is 3.27. The standard InChI is InChI=1S/C24H20F2N6O2/c1-27-24-30-11-17-9-15(5-7-21(17)31-24)3-2-8-29-22(33)18-12-28-14-32(23(18)34)13-16-4-6-19(25)20(26)10-16/h2-7,9-12,14H,8,13H2,1H3,(H,29,33)(H,27,30,31). The quantitative estimate of drug-likeness (QED) is 0.438. The van der Waals surface area contributed by atoms with E-state index in [0.29, 0.717) is 11.5 Å². The molecule has 4 aromatic rings. The van der Waals surface area contributed by atoms with Crippen LogP contribution in [0.3, 0.4) is 0 Å². The zero-order valence-electron chi connectivity index (χ0n) is 18.1. The first-order chi connectivity index (χ1) is 16.4. The van der Waals surface area contributed by atoms with Gasteiger partial charge in [0.2, 0.25) is 5.95 Å². The number of hydrogen-bond acceptors (Lipinski definition) is 6. The van der Waals surface area contributed by atoms with E-state index in [1.165, 1.54) is 18.6 Å². The lowest BCUT2D eigenvalue weighted by molar-refractivity contribution is 0.0955. The predicted octanol–water partition coefficient (Wildman–Crippen LogP) is 3.00. The van der Waals surface area contributed by atoms with Gasteiger partial charge in [0, 0.05) is 31.4 Å². The second-order valence-electron chi connectivity index (χ2n) is 7.36. The summed E-state index contributed by atoms with van der Waals surface area (Å²) in [6.07, 6.45) is 7.71. The minimum absolute atomic E-state index is 0.0501. The summed E-state index contributed by atoms with van der Waals surface area (Å²) in [6, 6.07) is 9.03. The molecule has 172 valence electrons. The first kappa shape index (κ1) is 22.7. The maximum Gasteiger partial charge on any atom is 0.266 e. The summed E-state index contributed by atoms with van der Waals surface area (Å²) in [5.41, 5.74) is 1.34. The molecule has 0 unspecified atom stereocenters. The highest BCUT2D eigenvalue weighted by Crippen LogP contribution is 2.15. The number of carbonyl (C=O) groups excluding carboxylic acids is 1. The Morgan fingerprint density at radius 2 is 1.97 bits per heavy atom. The van der Waals surface area contributed by atoms with Gasteiger partial charge in [-0.2, -0.15) is 0 Å². The summed E-state index contributed by atoms with van der Waals surface area (Å²) in [6.45, 7) is 0.134. The van der Waals surface area contributed by atoms with Crippen LogP contribution in [0, 0.1) is 11.6 Å². The van der Waals surface area contributed by atoms with Crippen molar-refractivity contribution in [2.75, 3.05) is 18.9 Å². The van der Waals surface area contributed by atoms with Gasteiger partial charge in [0.05, 0.1) is 18.4 Å². The van der Waals surface area contributed by atoms with E-state index in [-0.39, 0.29) is 18.7 Å². The zero-order valence-corrected chi connectivity index (χ0v) is 18.1. The summed E-state index contributed by atoms with van der Waals surface area (Å²) < 4.78 is 27.7. The fourth-order valence-corrected chi connectivity index (χ4v) is 3.27. The molecule has 1 amide bonds. The first-order valence-corrected chi connectivity index (χ1v) is 10.3. The second kappa shape index (κ2) is 9.99. The van der Waals surface area contributed by atoms with Gasteiger partial charge in [-0.15, -0.1) is 0 Å². The van der Waals surface area contributed by atoms with E-state index < -0.39 is 23.1 Å². The molecule has 0 aliphatic carbocycles. The van der Waals surface area contributed by atoms with Crippen molar-refractivity contribution in [2.45, 2.75) is 6.54 Å². The van der Waals surface area contributed by atoms with Crippen molar-refractivity contribution >= 4 is 28.8 Å². The number of nitrogens with one attached hydrogen (secondary N) is 2. The molecule has 0 spiro atoms. The Balaban J connectivity index is 1.40. The molecule has 2 aromatic heterocycles. The zero-order chi connectivity index (χ0) is 24.1. The molecule has 0 saturated carbocycles. The maximum atomic E-state index is 13.4. The van der Waals surface area contributed by atoms with Crippen molar-refractivity contribution in [3.05, 3.63) is 99.9 Å². The average molecular weight is 462 g/mol. The molecule has 10 heteroatoms. The Hall–Kier alpha value is -4.47. The Morgan fingerprint density at radius 3 is 2.76 bits per heavy atom. The van der Waals surface area contributed by atoms with E-state index in [4.69, 9.17) is 0 Å². The number of rotatable bonds is 7. The number of halogens is 2. The topological polar surface area (TPSA) is 102 Å². The lowest BCUT2D eigenvalue weighted by Gasteiger charge is -2.08. The molecule has 0 atom stereocenters. The Morgan fingerprint density at radius 1 is 1.12 bits per heavy atom. The van der Waals surface area contributed by atoms with E-state index in [2.05, 4.69) is 25.6 Å². The number of benzene rings is 2. The molecule has 0 aliphatic rings. The Bertz CT molecular complexity index is 1450. The number of fused-ring (bicyclic) bond motifs is 1. The third kappa shape index (κ3) is 5.12. The van der Waals surface area contributed by atoms with Gasteiger partial charge in [0.1, 0.15) is 5.56 Å². The molecular formula is C24H20F2N6O2. The average Bonchev–Trinajstić information content (AvgIpc) is 2.84. The number of amides is 1. The summed E-state index contributed by atoms with van der Waals surface area (Å²) in [5.74, 6) is -2.04. The van der Waals surface area contributed by atoms with E-state index in [1.807, 2.05) is 24.3 Å². The van der Waals surface area contributed by atoms with Gasteiger partial charge in [-0.1, -0.05) is 24.3 Å². The van der Waals surface area contributed by atoms with Crippen molar-refractivity contribution in [3.63, 3.8) is 0 Å². The molecule has 0 radical (unpaired) electrons. The van der Waals surface area contributed by atoms with Crippen LogP contribution in [0.25, 0.3) is 17.0 Å². The molecule has 0 bridgehead atoms. The third-order valence-electron chi connectivity index (χ3n) is 5.00. The lowest BCUT2D eigenvalue weighted by Crippen LogP contribution is -2.33. The van der Waals surface area contributed by atoms with E-state index in [9.17, 15) is 18.4 Å². The van der Waals surface area contributed by atoms with Crippen molar-refractivity contribution in [3.8, 4) is 0 Å². The molecule has 0 fully saturated rings. The van der Waals surface area contributed by atoms with Gasteiger partial charge < -0.3 is 10.6 Å². The van der Waals surface area contributed by atoms with Crippen LogP contribution in [0.2, 0.25) is 0 Å². The molecule has 2 N–H and O–H groups in total. The highest BCUT2D eigenvalue weighted by molar-refractivity contribution is 5.93. The molecule has 0 aliphatic heterocycles. The van der Waals surface area contributed by atoms with Crippen molar-refractivity contribution in [2.24, 2.45) is 0 Å². The predicted molar refractivity (Wildman–Crippen MR) is 124 cm³/mol. The Kier molecular flexibility index (Phi) is 6.67. The van der Waals surface area contributed by atoms with Crippen LogP contribution in [-0.4, -0.2) is 39.0 Å². The highest BCUT2D eigenvalue weighted by atomic mass is 19.2. The number of nitrogens with zero attached hydrogens (tertiary/aromatic N) is 4. The SMILES string of the molecule is CNc1ncc2cc(C=CCNC(=O)c3cncn(Cc4ccc(F)c(F)c4)c3=O)ccc2n1. The summed E-state index contributed by atoms with van der Waals surface area (Å²) >= 11 is 0. The molecule has 8 nitrogen and oxygen atoms in total. The van der Waals surface area contributed by atoms with Gasteiger partial charge >= 0.3 is 0 Å². The molecule has 0 saturated heterocycles. The third-order valence-corrected chi connectivity index (χ3v) is 5.00. The van der Waals surface area contributed by atoms with Crippen molar-refractivity contribution < 1.29 is 13.6 Å². The van der Waals surface area contributed by atoms with Crippen LogP contribution in [0.1, 0.15) is 21.5 Å². The van der Waals surface area contributed by atoms with Crippen molar-refractivity contribution in [1.29, 1.82) is 0 Å². The van der Waals surface area contributed by atoms with E-state index in [0.717, 1.165) is 33.2 Å². The monoisotopic (exact) mass is 462 g/mol. The van der Waals surface area contributed by atoms with Gasteiger partial charge in [-0.3, -0.25) is 14.2 Å². The van der Waals surface area contributed by atoms with E-state index >= 15 is 0 Å². The molecule has 34 heavy (non-hydrogen) atoms. The van der Waals surface area contributed by atoms with Crippen molar-refractivity contribution in [1.82, 2.24) is 24.8 Å². The largest absolute Gasteiger partial charge is 0.357 e. The molecule has 2 heterocycles. The smallest absolute Gasteiger partial charge is 0.266 e. The number of aromatic nitrogens is 4. The number of hydrogen-bond donors (Lipinski definition) is 2. The summed E-state index contributed by atoms with van der Waals surface area (Å²) in [7, 11) is 1.75. The lowest BCUT2D eigenvalue weighted by atomic mass is 10.1. The highest BCUT2D eigenvalue weighted by Gasteiger charge is 2.13. The van der Waals surface area contributed by atoms with Crippen LogP contribution < -0.4 is 16.2 Å². The van der Waals surface area contributed by atoms with Crippen LogP contribution in [0.4, 0.5) is 14.7 Å². The van der Waals surface area contributed by atoms with Crippen LogP contribution in [-0.2, 0) is 6.54 Å². The number of anilines is 1. The fraction of sp³-hybridized carbons (Fsp3) is 0.125. The number of carbonyl (C=O) groups is 1. The van der Waals surface area contributed by atoms with E-state index in [1.54, 1.807) is 19.3 Å². The van der Waals surface area contributed by atoms with Crippen LogP contribution in [0.5, 0.6) is 0 Å². The molecular weight excluding hydrogens is 442 g/mol. The summed E-state index contributed by atoms with van der Waals surface area (Å²) in [5, 5.41) is 6.42. The minimum atomic E-state index is -1.01. The van der Waals surface area contributed by atoms with Gasteiger partial charge in [-0.05, 0) is 35.4 Å². The van der Waals surface area contributed by atoms with Gasteiger partial charge in [-0.25, -0.2) is 23.7 Å². The van der Waals surface area contributed by atoms with Gasteiger partial charge in [0.15, 0.2) is 11.6 Å². The molecule has 2 aromatic carbocycles. The maximum absolute atomic E-state index is 13.4. The molecule has 4 rings (SSSR count). The van der Waals surface area contributed by atoms with Gasteiger partial charge in [0.25, 0.3) is 11.5 Å². The minimum Gasteiger partial charge on any atom is -0.357 e. The Labute approximate surface area is 193 Å².